The average molecular weight is 380 g/mol. The summed E-state index contributed by atoms with van der Waals surface area (Å²) in [5.74, 6) is -4.02. The van der Waals surface area contributed by atoms with Crippen LogP contribution in [0, 0.1) is 5.82 Å². The molecule has 2 N–H and O–H groups in total. The van der Waals surface area contributed by atoms with E-state index in [1.807, 2.05) is 0 Å². The summed E-state index contributed by atoms with van der Waals surface area (Å²) in [4.78, 5) is 15.2. The van der Waals surface area contributed by atoms with Gasteiger partial charge in [0.15, 0.2) is 0 Å². The van der Waals surface area contributed by atoms with Gasteiger partial charge in [0.2, 0.25) is 0 Å². The number of aliphatic hydroxyl groups excluding tert-OH is 1. The lowest BCUT2D eigenvalue weighted by Crippen LogP contribution is -2.47. The standard InChI is InChI=1S/C14H17ClF3N5O2/c1-23(10(7-24)5-14(17,18)8-21-22-19)13(25)20-6-9-3-2-4-11(16)12(9)15/h2-4,10,24H,5-8H2,1H3,(H,20,25)/t10-/m0/s1. The minimum Gasteiger partial charge on any atom is -0.394 e. The minimum atomic E-state index is -3.37. The second-order valence-corrected chi connectivity index (χ2v) is 5.65. The number of halogens is 4. The summed E-state index contributed by atoms with van der Waals surface area (Å²) in [6.07, 6.45) is -0.882. The van der Waals surface area contributed by atoms with Crippen LogP contribution in [0.15, 0.2) is 23.3 Å². The Hall–Kier alpha value is -2.16. The maximum Gasteiger partial charge on any atom is 0.317 e. The van der Waals surface area contributed by atoms with Gasteiger partial charge in [0.1, 0.15) is 5.82 Å². The Morgan fingerprint density at radius 1 is 1.56 bits per heavy atom. The van der Waals surface area contributed by atoms with Crippen molar-refractivity contribution in [2.75, 3.05) is 20.2 Å². The third-order valence-electron chi connectivity index (χ3n) is 3.44. The molecule has 0 aromatic heterocycles. The molecule has 0 aliphatic carbocycles. The van der Waals surface area contributed by atoms with Gasteiger partial charge in [-0.25, -0.2) is 18.0 Å². The zero-order valence-corrected chi connectivity index (χ0v) is 14.0. The van der Waals surface area contributed by atoms with E-state index in [0.717, 1.165) is 11.0 Å². The predicted molar refractivity (Wildman–Crippen MR) is 85.9 cm³/mol. The van der Waals surface area contributed by atoms with E-state index in [1.54, 1.807) is 0 Å². The van der Waals surface area contributed by atoms with Crippen molar-refractivity contribution in [3.05, 3.63) is 45.0 Å². The first-order valence-corrected chi connectivity index (χ1v) is 7.52. The monoisotopic (exact) mass is 379 g/mol. The molecule has 0 radical (unpaired) electrons. The van der Waals surface area contributed by atoms with E-state index in [4.69, 9.17) is 17.1 Å². The number of hydrogen-bond acceptors (Lipinski definition) is 3. The number of hydrogen-bond donors (Lipinski definition) is 2. The van der Waals surface area contributed by atoms with Gasteiger partial charge in [-0.1, -0.05) is 28.8 Å². The fourth-order valence-electron chi connectivity index (χ4n) is 2.01. The molecule has 0 aliphatic rings. The number of aliphatic hydroxyl groups is 1. The number of nitrogens with zero attached hydrogens (tertiary/aromatic N) is 4. The summed E-state index contributed by atoms with van der Waals surface area (Å²) in [7, 11) is 1.23. The number of amides is 2. The van der Waals surface area contributed by atoms with Crippen LogP contribution < -0.4 is 5.32 Å². The van der Waals surface area contributed by atoms with Crippen molar-refractivity contribution in [1.29, 1.82) is 0 Å². The quantitative estimate of drug-likeness (QED) is 0.411. The molecular weight excluding hydrogens is 363 g/mol. The van der Waals surface area contributed by atoms with Gasteiger partial charge in [-0.3, -0.25) is 0 Å². The largest absolute Gasteiger partial charge is 0.394 e. The molecule has 1 rings (SSSR count). The Balaban J connectivity index is 2.69. The molecule has 0 aliphatic heterocycles. The number of likely N-dealkylation sites (N-methyl/N-ethyl adjacent to an activating group) is 1. The molecule has 138 valence electrons. The summed E-state index contributed by atoms with van der Waals surface area (Å²) in [5, 5.41) is 14.3. The zero-order valence-electron chi connectivity index (χ0n) is 13.3. The smallest absolute Gasteiger partial charge is 0.317 e. The van der Waals surface area contributed by atoms with Crippen LogP contribution in [0.1, 0.15) is 12.0 Å². The first kappa shape index (κ1) is 20.9. The minimum absolute atomic E-state index is 0.118. The second kappa shape index (κ2) is 9.36. The number of carbonyl (C=O) groups excluding carboxylic acids is 1. The van der Waals surface area contributed by atoms with E-state index < -0.39 is 43.4 Å². The molecule has 11 heteroatoms. The Morgan fingerprint density at radius 2 is 2.24 bits per heavy atom. The highest BCUT2D eigenvalue weighted by Crippen LogP contribution is 2.23. The van der Waals surface area contributed by atoms with Crippen LogP contribution in [0.4, 0.5) is 18.0 Å². The lowest BCUT2D eigenvalue weighted by atomic mass is 10.1. The molecule has 0 saturated heterocycles. The summed E-state index contributed by atoms with van der Waals surface area (Å²) in [5.41, 5.74) is 8.42. The highest BCUT2D eigenvalue weighted by Gasteiger charge is 2.34. The van der Waals surface area contributed by atoms with Crippen LogP contribution >= 0.6 is 11.6 Å². The third-order valence-corrected chi connectivity index (χ3v) is 3.86. The second-order valence-electron chi connectivity index (χ2n) is 5.27. The third kappa shape index (κ3) is 6.33. The van der Waals surface area contributed by atoms with Crippen LogP contribution in [0.3, 0.4) is 0 Å². The maximum atomic E-state index is 13.6. The summed E-state index contributed by atoms with van der Waals surface area (Å²) < 4.78 is 40.6. The van der Waals surface area contributed by atoms with Crippen LogP contribution in [0.2, 0.25) is 5.02 Å². The van der Waals surface area contributed by atoms with E-state index in [9.17, 15) is 23.1 Å². The lowest BCUT2D eigenvalue weighted by molar-refractivity contribution is -0.0250. The van der Waals surface area contributed by atoms with E-state index in [0.29, 0.717) is 5.56 Å². The first-order valence-electron chi connectivity index (χ1n) is 7.15. The Labute approximate surface area is 147 Å². The number of rotatable bonds is 8. The van der Waals surface area contributed by atoms with Gasteiger partial charge in [-0.2, -0.15) is 0 Å². The van der Waals surface area contributed by atoms with Gasteiger partial charge in [-0.05, 0) is 17.2 Å². The van der Waals surface area contributed by atoms with E-state index in [-0.39, 0.29) is 11.6 Å². The fraction of sp³-hybridized carbons (Fsp3) is 0.500. The number of urea groups is 1. The highest BCUT2D eigenvalue weighted by atomic mass is 35.5. The molecule has 25 heavy (non-hydrogen) atoms. The maximum absolute atomic E-state index is 13.6. The number of carbonyl (C=O) groups is 1. The Bertz CT molecular complexity index is 655. The molecule has 0 bridgehead atoms. The van der Waals surface area contributed by atoms with Gasteiger partial charge in [0, 0.05) is 24.9 Å². The molecule has 0 unspecified atom stereocenters. The van der Waals surface area contributed by atoms with Gasteiger partial charge in [0.25, 0.3) is 5.92 Å². The highest BCUT2D eigenvalue weighted by molar-refractivity contribution is 6.31. The topological polar surface area (TPSA) is 101 Å². The Kier molecular flexibility index (Phi) is 7.82. The van der Waals surface area contributed by atoms with Gasteiger partial charge in [-0.15, -0.1) is 0 Å². The molecule has 0 spiro atoms. The molecule has 1 aromatic rings. The molecule has 0 heterocycles. The predicted octanol–water partition coefficient (Wildman–Crippen LogP) is 3.32. The van der Waals surface area contributed by atoms with Crippen molar-refractivity contribution in [3.63, 3.8) is 0 Å². The first-order chi connectivity index (χ1) is 11.7. The summed E-state index contributed by atoms with van der Waals surface area (Å²) in [6.45, 7) is -1.90. The van der Waals surface area contributed by atoms with Crippen LogP contribution in [0.5, 0.6) is 0 Å². The molecule has 2 amide bonds. The molecule has 0 saturated carbocycles. The SMILES string of the molecule is CN(C(=O)NCc1cccc(F)c1Cl)[C@H](CO)CC(F)(F)CN=[N+]=[N-]. The number of alkyl halides is 2. The van der Waals surface area contributed by atoms with E-state index >= 15 is 0 Å². The van der Waals surface area contributed by atoms with E-state index in [2.05, 4.69) is 15.3 Å². The van der Waals surface area contributed by atoms with Crippen molar-refractivity contribution in [3.8, 4) is 0 Å². The van der Waals surface area contributed by atoms with Crippen LogP contribution in [-0.4, -0.2) is 48.2 Å². The molecule has 0 fully saturated rings. The number of azide groups is 1. The normalized spacial score (nSPS) is 12.2. The molecule has 1 aromatic carbocycles. The van der Waals surface area contributed by atoms with Crippen molar-refractivity contribution in [2.24, 2.45) is 5.11 Å². The van der Waals surface area contributed by atoms with Gasteiger partial charge in [0.05, 0.1) is 24.2 Å². The number of nitrogens with one attached hydrogen (secondary N) is 1. The lowest BCUT2D eigenvalue weighted by Gasteiger charge is -2.29. The van der Waals surface area contributed by atoms with Crippen molar-refractivity contribution in [2.45, 2.75) is 24.9 Å². The van der Waals surface area contributed by atoms with Crippen LogP contribution in [0.25, 0.3) is 10.4 Å². The van der Waals surface area contributed by atoms with E-state index in [1.165, 1.54) is 19.2 Å². The van der Waals surface area contributed by atoms with Crippen LogP contribution in [-0.2, 0) is 6.54 Å². The van der Waals surface area contributed by atoms with Gasteiger partial charge >= 0.3 is 6.03 Å². The fourth-order valence-corrected chi connectivity index (χ4v) is 2.21. The Morgan fingerprint density at radius 3 is 2.84 bits per heavy atom. The average Bonchev–Trinajstić information content (AvgIpc) is 2.58. The summed E-state index contributed by atoms with van der Waals surface area (Å²) in [6, 6.07) is 2.13. The number of benzene rings is 1. The molecule has 7 nitrogen and oxygen atoms in total. The van der Waals surface area contributed by atoms with Crippen molar-refractivity contribution >= 4 is 17.6 Å². The summed E-state index contributed by atoms with van der Waals surface area (Å²) >= 11 is 5.76. The zero-order chi connectivity index (χ0) is 19.0. The molecular formula is C14H17ClF3N5O2. The molecule has 1 atom stereocenters. The van der Waals surface area contributed by atoms with Crippen molar-refractivity contribution in [1.82, 2.24) is 10.2 Å². The van der Waals surface area contributed by atoms with Gasteiger partial charge < -0.3 is 15.3 Å². The van der Waals surface area contributed by atoms with Crippen molar-refractivity contribution < 1.29 is 23.1 Å².